The molecule has 0 bridgehead atoms. The summed E-state index contributed by atoms with van der Waals surface area (Å²) in [6.45, 7) is 0.687. The summed E-state index contributed by atoms with van der Waals surface area (Å²) in [5.74, 6) is 6.41. The molecule has 1 aromatic carbocycles. The number of amides is 1. The number of carbonyl (C=O) groups excluding carboxylic acids is 1. The quantitative estimate of drug-likeness (QED) is 0.471. The van der Waals surface area contributed by atoms with E-state index in [0.29, 0.717) is 29.9 Å². The molecule has 142 valence electrons. The maximum atomic E-state index is 12.3. The maximum absolute atomic E-state index is 12.3. The Morgan fingerprint density at radius 3 is 2.93 bits per heavy atom. The highest BCUT2D eigenvalue weighted by molar-refractivity contribution is 6.01. The van der Waals surface area contributed by atoms with E-state index in [0.717, 1.165) is 29.0 Å². The second-order valence-corrected chi connectivity index (χ2v) is 6.71. The molecule has 2 aromatic heterocycles. The van der Waals surface area contributed by atoms with Crippen LogP contribution < -0.4 is 21.3 Å². The van der Waals surface area contributed by atoms with Crippen molar-refractivity contribution in [3.05, 3.63) is 46.5 Å². The van der Waals surface area contributed by atoms with Crippen LogP contribution in [0.3, 0.4) is 0 Å². The smallest absolute Gasteiger partial charge is 0.255 e. The average Bonchev–Trinajstić information content (AvgIpc) is 3.12. The average molecular weight is 376 g/mol. The van der Waals surface area contributed by atoms with Crippen molar-refractivity contribution in [2.45, 2.75) is 25.3 Å². The predicted octanol–water partition coefficient (Wildman–Crippen LogP) is 1.43. The van der Waals surface area contributed by atoms with Gasteiger partial charge in [0, 0.05) is 53.0 Å². The molecule has 1 amide bonds. The number of carbonyl (C=O) groups is 1. The molecule has 7 nitrogen and oxygen atoms in total. The van der Waals surface area contributed by atoms with Crippen LogP contribution in [-0.2, 0) is 4.79 Å². The second-order valence-electron chi connectivity index (χ2n) is 6.71. The van der Waals surface area contributed by atoms with Gasteiger partial charge in [0.15, 0.2) is 0 Å². The second kappa shape index (κ2) is 7.71. The number of nitrogens with zero attached hydrogens (tertiary/aromatic N) is 1. The third-order valence-electron chi connectivity index (χ3n) is 4.86. The minimum atomic E-state index is -0.175. The number of nitrogens with one attached hydrogen (secondary N) is 2. The molecule has 0 spiro atoms. The third kappa shape index (κ3) is 3.55. The first kappa shape index (κ1) is 18.0. The van der Waals surface area contributed by atoms with Gasteiger partial charge in [-0.05, 0) is 30.0 Å². The number of aromatic nitrogens is 2. The van der Waals surface area contributed by atoms with Crippen LogP contribution in [0.1, 0.15) is 24.8 Å². The zero-order chi connectivity index (χ0) is 19.5. The Morgan fingerprint density at radius 2 is 2.14 bits per heavy atom. The molecule has 1 aliphatic heterocycles. The summed E-state index contributed by atoms with van der Waals surface area (Å²) < 4.78 is 5.91. The number of pyridine rings is 2. The van der Waals surface area contributed by atoms with Gasteiger partial charge in [-0.2, -0.15) is 0 Å². The number of benzene rings is 1. The van der Waals surface area contributed by atoms with Crippen LogP contribution in [0.25, 0.3) is 21.5 Å². The summed E-state index contributed by atoms with van der Waals surface area (Å²) in [5.41, 5.74) is 6.00. The standard InChI is InChI=1S/C21H20N4O3/c22-7-1-2-14-12-24-20(27)18-10-13-5-8-23-21(17(13)11-16(14)18)28-9-6-15-3-4-19(26)25-15/h5,8,10-12,15H,3-4,6-7,9,22H2,(H,24,27)(H,25,26)/t15-/m0/s1. The van der Waals surface area contributed by atoms with Crippen LogP contribution in [0.15, 0.2) is 35.4 Å². The van der Waals surface area contributed by atoms with Gasteiger partial charge in [-0.3, -0.25) is 9.59 Å². The van der Waals surface area contributed by atoms with Crippen molar-refractivity contribution < 1.29 is 9.53 Å². The van der Waals surface area contributed by atoms with Crippen molar-refractivity contribution in [1.29, 1.82) is 0 Å². The Labute approximate surface area is 161 Å². The fourth-order valence-electron chi connectivity index (χ4n) is 3.45. The van der Waals surface area contributed by atoms with Crippen molar-refractivity contribution in [2.75, 3.05) is 13.2 Å². The number of fused-ring (bicyclic) bond motifs is 2. The molecule has 28 heavy (non-hydrogen) atoms. The summed E-state index contributed by atoms with van der Waals surface area (Å²) in [7, 11) is 0. The Hall–Kier alpha value is -3.37. The lowest BCUT2D eigenvalue weighted by molar-refractivity contribution is -0.119. The highest BCUT2D eigenvalue weighted by Crippen LogP contribution is 2.28. The number of hydrogen-bond donors (Lipinski definition) is 3. The summed E-state index contributed by atoms with van der Waals surface area (Å²) in [6.07, 6.45) is 5.39. The Bertz CT molecular complexity index is 1170. The van der Waals surface area contributed by atoms with E-state index in [-0.39, 0.29) is 24.1 Å². The van der Waals surface area contributed by atoms with Crippen molar-refractivity contribution in [1.82, 2.24) is 15.3 Å². The molecule has 3 heterocycles. The summed E-state index contributed by atoms with van der Waals surface area (Å²) in [4.78, 5) is 30.7. The van der Waals surface area contributed by atoms with Gasteiger partial charge >= 0.3 is 0 Å². The zero-order valence-corrected chi connectivity index (χ0v) is 15.2. The highest BCUT2D eigenvalue weighted by atomic mass is 16.5. The first-order chi connectivity index (χ1) is 13.7. The van der Waals surface area contributed by atoms with Gasteiger partial charge in [-0.15, -0.1) is 0 Å². The minimum absolute atomic E-state index is 0.0936. The van der Waals surface area contributed by atoms with Gasteiger partial charge < -0.3 is 20.8 Å². The molecule has 4 N–H and O–H groups in total. The maximum Gasteiger partial charge on any atom is 0.255 e. The lowest BCUT2D eigenvalue weighted by Gasteiger charge is -2.12. The SMILES string of the molecule is NCC#Cc1c[nH]c(=O)c2cc3ccnc(OCC[C@@H]4CCC(=O)N4)c3cc12. The molecular formula is C21H20N4O3. The minimum Gasteiger partial charge on any atom is -0.477 e. The summed E-state index contributed by atoms with van der Waals surface area (Å²) >= 11 is 0. The topological polar surface area (TPSA) is 110 Å². The summed E-state index contributed by atoms with van der Waals surface area (Å²) in [5, 5.41) is 5.90. The normalized spacial score (nSPS) is 16.0. The predicted molar refractivity (Wildman–Crippen MR) is 107 cm³/mol. The lowest BCUT2D eigenvalue weighted by Crippen LogP contribution is -2.26. The summed E-state index contributed by atoms with van der Waals surface area (Å²) in [6, 6.07) is 5.71. The van der Waals surface area contributed by atoms with Crippen LogP contribution in [0.4, 0.5) is 0 Å². The van der Waals surface area contributed by atoms with Crippen LogP contribution in [0.2, 0.25) is 0 Å². The van der Waals surface area contributed by atoms with Crippen molar-refractivity contribution in [3.8, 4) is 17.7 Å². The van der Waals surface area contributed by atoms with E-state index in [4.69, 9.17) is 10.5 Å². The first-order valence-electron chi connectivity index (χ1n) is 9.21. The molecule has 7 heteroatoms. The number of hydrogen-bond acceptors (Lipinski definition) is 5. The Balaban J connectivity index is 1.69. The highest BCUT2D eigenvalue weighted by Gasteiger charge is 2.20. The van der Waals surface area contributed by atoms with E-state index in [9.17, 15) is 9.59 Å². The van der Waals surface area contributed by atoms with E-state index in [2.05, 4.69) is 27.1 Å². The van der Waals surface area contributed by atoms with Crippen LogP contribution in [-0.4, -0.2) is 35.1 Å². The number of nitrogens with two attached hydrogens (primary N) is 1. The van der Waals surface area contributed by atoms with Crippen LogP contribution >= 0.6 is 0 Å². The molecule has 0 radical (unpaired) electrons. The number of ether oxygens (including phenoxy) is 1. The number of aromatic amines is 1. The lowest BCUT2D eigenvalue weighted by atomic mass is 10.0. The molecule has 1 atom stereocenters. The molecule has 1 aliphatic rings. The molecular weight excluding hydrogens is 356 g/mol. The van der Waals surface area contributed by atoms with E-state index in [1.54, 1.807) is 12.4 Å². The Kier molecular flexibility index (Phi) is 4.96. The molecule has 3 aromatic rings. The van der Waals surface area contributed by atoms with Crippen molar-refractivity contribution >= 4 is 27.5 Å². The zero-order valence-electron chi connectivity index (χ0n) is 15.2. The van der Waals surface area contributed by atoms with Gasteiger partial charge in [0.2, 0.25) is 11.8 Å². The van der Waals surface area contributed by atoms with E-state index < -0.39 is 0 Å². The molecule has 0 unspecified atom stereocenters. The van der Waals surface area contributed by atoms with Gasteiger partial charge in [0.25, 0.3) is 5.56 Å². The monoisotopic (exact) mass is 376 g/mol. The molecule has 1 fully saturated rings. The first-order valence-corrected chi connectivity index (χ1v) is 9.21. The van der Waals surface area contributed by atoms with Crippen LogP contribution in [0.5, 0.6) is 5.88 Å². The van der Waals surface area contributed by atoms with Crippen LogP contribution in [0, 0.1) is 11.8 Å². The fourth-order valence-corrected chi connectivity index (χ4v) is 3.45. The third-order valence-corrected chi connectivity index (χ3v) is 4.86. The largest absolute Gasteiger partial charge is 0.477 e. The number of H-pyrrole nitrogens is 1. The fraction of sp³-hybridized carbons (Fsp3) is 0.286. The molecule has 0 aliphatic carbocycles. The number of rotatable bonds is 4. The van der Waals surface area contributed by atoms with Crippen molar-refractivity contribution in [3.63, 3.8) is 0 Å². The molecule has 0 saturated carbocycles. The van der Waals surface area contributed by atoms with E-state index >= 15 is 0 Å². The van der Waals surface area contributed by atoms with Gasteiger partial charge in [-0.25, -0.2) is 4.98 Å². The van der Waals surface area contributed by atoms with Gasteiger partial charge in [-0.1, -0.05) is 11.8 Å². The van der Waals surface area contributed by atoms with Gasteiger partial charge in [0.1, 0.15) is 0 Å². The molecule has 1 saturated heterocycles. The van der Waals surface area contributed by atoms with E-state index in [1.165, 1.54) is 0 Å². The molecule has 4 rings (SSSR count). The Morgan fingerprint density at radius 1 is 1.25 bits per heavy atom. The van der Waals surface area contributed by atoms with Gasteiger partial charge in [0.05, 0.1) is 13.2 Å². The van der Waals surface area contributed by atoms with Crippen molar-refractivity contribution in [2.24, 2.45) is 5.73 Å². The van der Waals surface area contributed by atoms with E-state index in [1.807, 2.05) is 18.2 Å².